The lowest BCUT2D eigenvalue weighted by molar-refractivity contribution is -0.144. The smallest absolute Gasteiger partial charge is 0.349 e. The molecule has 0 unspecified atom stereocenters. The summed E-state index contributed by atoms with van der Waals surface area (Å²) in [5.74, 6) is -0.917. The van der Waals surface area contributed by atoms with E-state index in [2.05, 4.69) is 30.4 Å². The molecule has 0 saturated carbocycles. The van der Waals surface area contributed by atoms with E-state index in [1.165, 1.54) is 0 Å². The van der Waals surface area contributed by atoms with Crippen molar-refractivity contribution in [3.05, 3.63) is 52.9 Å². The van der Waals surface area contributed by atoms with Gasteiger partial charge in [-0.3, -0.25) is 4.79 Å². The number of nitrogens with zero attached hydrogens (tertiary/aromatic N) is 5. The third-order valence-electron chi connectivity index (χ3n) is 4.80. The number of aryl methyl sites for hydroxylation is 2. The van der Waals surface area contributed by atoms with Gasteiger partial charge in [-0.1, -0.05) is 12.1 Å². The molecule has 0 bridgehead atoms. The Labute approximate surface area is 168 Å². The van der Waals surface area contributed by atoms with E-state index < -0.39 is 12.0 Å². The highest BCUT2D eigenvalue weighted by molar-refractivity contribution is 5.77. The Kier molecular flexibility index (Phi) is 4.88. The van der Waals surface area contributed by atoms with Crippen LogP contribution in [0.5, 0.6) is 0 Å². The summed E-state index contributed by atoms with van der Waals surface area (Å²) in [6.45, 7) is 3.56. The number of benzene rings is 1. The number of H-pyrrole nitrogens is 1. The number of halogens is 3. The van der Waals surface area contributed by atoms with E-state index in [9.17, 15) is 18.0 Å². The van der Waals surface area contributed by atoms with Gasteiger partial charge in [0.15, 0.2) is 0 Å². The molecule has 4 rings (SSSR count). The van der Waals surface area contributed by atoms with Crippen LogP contribution in [0, 0.1) is 13.8 Å². The average Bonchev–Trinajstić information content (AvgIpc) is 3.29. The lowest BCUT2D eigenvalue weighted by Gasteiger charge is -2.10. The Morgan fingerprint density at radius 1 is 1.17 bits per heavy atom. The van der Waals surface area contributed by atoms with E-state index in [0.29, 0.717) is 29.2 Å². The van der Waals surface area contributed by atoms with Crippen molar-refractivity contribution in [3.8, 4) is 0 Å². The predicted molar refractivity (Wildman–Crippen MR) is 102 cm³/mol. The number of amides is 1. The van der Waals surface area contributed by atoms with Gasteiger partial charge < -0.3 is 10.3 Å². The first-order valence-corrected chi connectivity index (χ1v) is 9.23. The second kappa shape index (κ2) is 7.39. The van der Waals surface area contributed by atoms with Crippen molar-refractivity contribution in [3.63, 3.8) is 0 Å². The SMILES string of the molecule is Cc1nc2nc(C(F)(F)F)nn2c(C)c1CCC(=O)NCc1nc2ccccc2[nH]1. The molecule has 1 aromatic carbocycles. The quantitative estimate of drug-likeness (QED) is 0.520. The van der Waals surface area contributed by atoms with Crippen molar-refractivity contribution in [1.29, 1.82) is 0 Å². The Balaban J connectivity index is 1.44. The highest BCUT2D eigenvalue weighted by Crippen LogP contribution is 2.27. The van der Waals surface area contributed by atoms with Gasteiger partial charge in [0, 0.05) is 17.8 Å². The lowest BCUT2D eigenvalue weighted by Crippen LogP contribution is -2.24. The molecule has 0 atom stereocenters. The summed E-state index contributed by atoms with van der Waals surface area (Å²) in [6, 6.07) is 7.55. The molecule has 0 fully saturated rings. The summed E-state index contributed by atoms with van der Waals surface area (Å²) in [5.41, 5.74) is 3.37. The molecule has 0 aliphatic heterocycles. The van der Waals surface area contributed by atoms with Crippen LogP contribution in [-0.2, 0) is 23.9 Å². The minimum absolute atomic E-state index is 0.115. The number of carbonyl (C=O) groups is 1. The number of aromatic nitrogens is 6. The summed E-state index contributed by atoms with van der Waals surface area (Å²) < 4.78 is 39.7. The van der Waals surface area contributed by atoms with Crippen molar-refractivity contribution in [2.75, 3.05) is 0 Å². The molecular weight excluding hydrogens is 399 g/mol. The third kappa shape index (κ3) is 3.82. The van der Waals surface area contributed by atoms with E-state index in [1.54, 1.807) is 13.8 Å². The molecule has 0 saturated heterocycles. The normalized spacial score (nSPS) is 12.0. The Morgan fingerprint density at radius 2 is 1.93 bits per heavy atom. The zero-order valence-corrected chi connectivity index (χ0v) is 16.2. The summed E-state index contributed by atoms with van der Waals surface area (Å²) in [5, 5.41) is 6.31. The van der Waals surface area contributed by atoms with E-state index in [0.717, 1.165) is 15.5 Å². The molecule has 1 amide bonds. The lowest BCUT2D eigenvalue weighted by atomic mass is 10.1. The van der Waals surface area contributed by atoms with Crippen molar-refractivity contribution in [2.45, 2.75) is 39.4 Å². The fourth-order valence-corrected chi connectivity index (χ4v) is 3.29. The number of carbonyl (C=O) groups excluding carboxylic acids is 1. The van der Waals surface area contributed by atoms with Gasteiger partial charge in [-0.05, 0) is 38.0 Å². The predicted octanol–water partition coefficient (Wildman–Crippen LogP) is 2.89. The molecule has 0 radical (unpaired) electrons. The molecule has 11 heteroatoms. The molecule has 0 spiro atoms. The number of imidazole rings is 1. The summed E-state index contributed by atoms with van der Waals surface area (Å²) in [6.07, 6.45) is -4.19. The summed E-state index contributed by atoms with van der Waals surface area (Å²) in [4.78, 5) is 27.4. The van der Waals surface area contributed by atoms with Crippen LogP contribution in [0.4, 0.5) is 13.2 Å². The second-order valence-corrected chi connectivity index (χ2v) is 6.88. The molecule has 156 valence electrons. The van der Waals surface area contributed by atoms with Crippen LogP contribution in [0.2, 0.25) is 0 Å². The monoisotopic (exact) mass is 417 g/mol. The minimum Gasteiger partial charge on any atom is -0.349 e. The van der Waals surface area contributed by atoms with Gasteiger partial charge in [-0.25, -0.2) is 14.5 Å². The molecule has 0 aliphatic rings. The van der Waals surface area contributed by atoms with Crippen molar-refractivity contribution < 1.29 is 18.0 Å². The van der Waals surface area contributed by atoms with Crippen LogP contribution in [0.1, 0.15) is 35.0 Å². The van der Waals surface area contributed by atoms with Gasteiger partial charge in [0.25, 0.3) is 11.6 Å². The molecule has 3 aromatic heterocycles. The van der Waals surface area contributed by atoms with Crippen LogP contribution >= 0.6 is 0 Å². The zero-order chi connectivity index (χ0) is 21.5. The molecule has 4 aromatic rings. The number of hydrogen-bond acceptors (Lipinski definition) is 5. The van der Waals surface area contributed by atoms with Crippen LogP contribution in [0.25, 0.3) is 16.8 Å². The minimum atomic E-state index is -4.65. The first-order valence-electron chi connectivity index (χ1n) is 9.23. The number of rotatable bonds is 5. The number of fused-ring (bicyclic) bond motifs is 2. The topological polar surface area (TPSA) is 101 Å². The number of alkyl halides is 3. The first kappa shape index (κ1) is 19.8. The van der Waals surface area contributed by atoms with E-state index in [-0.39, 0.29) is 24.7 Å². The summed E-state index contributed by atoms with van der Waals surface area (Å²) >= 11 is 0. The van der Waals surface area contributed by atoms with Crippen LogP contribution in [-0.4, -0.2) is 35.5 Å². The number of para-hydroxylation sites is 2. The molecule has 8 nitrogen and oxygen atoms in total. The highest BCUT2D eigenvalue weighted by atomic mass is 19.4. The van der Waals surface area contributed by atoms with Crippen molar-refractivity contribution in [2.24, 2.45) is 0 Å². The Morgan fingerprint density at radius 3 is 2.67 bits per heavy atom. The number of aromatic amines is 1. The van der Waals surface area contributed by atoms with Gasteiger partial charge in [0.1, 0.15) is 5.82 Å². The second-order valence-electron chi connectivity index (χ2n) is 6.88. The van der Waals surface area contributed by atoms with Crippen molar-refractivity contribution >= 4 is 22.7 Å². The van der Waals surface area contributed by atoms with Gasteiger partial charge >= 0.3 is 6.18 Å². The van der Waals surface area contributed by atoms with Gasteiger partial charge in [0.2, 0.25) is 5.91 Å². The van der Waals surface area contributed by atoms with Gasteiger partial charge in [-0.15, -0.1) is 5.10 Å². The zero-order valence-electron chi connectivity index (χ0n) is 16.2. The van der Waals surface area contributed by atoms with Gasteiger partial charge in [0.05, 0.1) is 17.6 Å². The van der Waals surface area contributed by atoms with Crippen LogP contribution < -0.4 is 5.32 Å². The maximum atomic E-state index is 12.9. The maximum absolute atomic E-state index is 12.9. The fourth-order valence-electron chi connectivity index (χ4n) is 3.29. The van der Waals surface area contributed by atoms with E-state index in [4.69, 9.17) is 0 Å². The molecular formula is C19H18F3N7O. The molecule has 2 N–H and O–H groups in total. The number of hydrogen-bond donors (Lipinski definition) is 2. The molecule has 3 heterocycles. The Bertz CT molecular complexity index is 1210. The first-order chi connectivity index (χ1) is 14.2. The average molecular weight is 417 g/mol. The van der Waals surface area contributed by atoms with Crippen molar-refractivity contribution in [1.82, 2.24) is 34.9 Å². The van der Waals surface area contributed by atoms with E-state index >= 15 is 0 Å². The number of nitrogens with one attached hydrogen (secondary N) is 2. The highest BCUT2D eigenvalue weighted by Gasteiger charge is 2.36. The Hall–Kier alpha value is -3.50. The van der Waals surface area contributed by atoms with Gasteiger partial charge in [-0.2, -0.15) is 18.2 Å². The largest absolute Gasteiger partial charge is 0.453 e. The van der Waals surface area contributed by atoms with Crippen LogP contribution in [0.3, 0.4) is 0 Å². The molecule has 30 heavy (non-hydrogen) atoms. The third-order valence-corrected chi connectivity index (χ3v) is 4.80. The van der Waals surface area contributed by atoms with E-state index in [1.807, 2.05) is 24.3 Å². The van der Waals surface area contributed by atoms with Crippen LogP contribution in [0.15, 0.2) is 24.3 Å². The maximum Gasteiger partial charge on any atom is 0.453 e. The summed E-state index contributed by atoms with van der Waals surface area (Å²) in [7, 11) is 0. The fraction of sp³-hybridized carbons (Fsp3) is 0.316. The standard InChI is InChI=1S/C19H18F3N7O/c1-10-12(11(2)29-18(24-10)27-17(28-29)19(20,21)22)7-8-16(30)23-9-15-25-13-5-3-4-6-14(13)26-15/h3-6H,7-9H2,1-2H3,(H,23,30)(H,25,26). The molecule has 0 aliphatic carbocycles.